The zero-order valence-electron chi connectivity index (χ0n) is 23.1. The molecule has 0 spiro atoms. The highest BCUT2D eigenvalue weighted by atomic mass is 35.5. The molecule has 2 N–H and O–H groups in total. The standard InChI is InChI=1S/C33H45ClN2O2/c1-2-3-4-5-6-7-8-9-10-11-12-13-14-15-19-22-30(37)36-31-28-24-23-27(34)25-29(28)35-32(31)33(38)26-20-17-16-18-21-26/h16-18,20-21,23-25,35H,2-15,19,22H2,1H3,(H,36,37). The Kier molecular flexibility index (Phi) is 13.5. The molecule has 5 heteroatoms. The zero-order chi connectivity index (χ0) is 27.0. The lowest BCUT2D eigenvalue weighted by Gasteiger charge is -2.08. The van der Waals surface area contributed by atoms with Crippen LogP contribution >= 0.6 is 11.6 Å². The Bertz CT molecular complexity index is 1120. The average molecular weight is 537 g/mol. The molecule has 0 aliphatic rings. The molecule has 3 aromatic rings. The fraction of sp³-hybridized carbons (Fsp3) is 0.515. The molecule has 0 fully saturated rings. The molecule has 0 saturated heterocycles. The minimum atomic E-state index is -0.153. The normalized spacial score (nSPS) is 11.2. The Morgan fingerprint density at radius 2 is 1.29 bits per heavy atom. The predicted molar refractivity (Wildman–Crippen MR) is 161 cm³/mol. The molecule has 2 aromatic carbocycles. The van der Waals surface area contributed by atoms with Gasteiger partial charge in [0.05, 0.1) is 5.69 Å². The van der Waals surface area contributed by atoms with Gasteiger partial charge in [0.2, 0.25) is 11.7 Å². The van der Waals surface area contributed by atoms with E-state index in [1.54, 1.807) is 24.3 Å². The smallest absolute Gasteiger partial charge is 0.224 e. The van der Waals surface area contributed by atoms with Gasteiger partial charge in [-0.05, 0) is 24.6 Å². The van der Waals surface area contributed by atoms with Gasteiger partial charge in [-0.2, -0.15) is 0 Å². The molecule has 1 heterocycles. The lowest BCUT2D eigenvalue weighted by Crippen LogP contribution is -2.14. The van der Waals surface area contributed by atoms with Crippen molar-refractivity contribution in [1.29, 1.82) is 0 Å². The maximum Gasteiger partial charge on any atom is 0.224 e. The van der Waals surface area contributed by atoms with Crippen molar-refractivity contribution in [3.05, 3.63) is 64.8 Å². The average Bonchev–Trinajstić information content (AvgIpc) is 3.27. The third-order valence-corrected chi connectivity index (χ3v) is 7.53. The lowest BCUT2D eigenvalue weighted by molar-refractivity contribution is -0.116. The number of nitrogens with one attached hydrogen (secondary N) is 2. The van der Waals surface area contributed by atoms with Crippen LogP contribution in [0, 0.1) is 0 Å². The summed E-state index contributed by atoms with van der Waals surface area (Å²) in [5, 5.41) is 4.39. The topological polar surface area (TPSA) is 62.0 Å². The number of halogens is 1. The van der Waals surface area contributed by atoms with Crippen LogP contribution in [0.1, 0.15) is 126 Å². The van der Waals surface area contributed by atoms with Gasteiger partial charge in [0.1, 0.15) is 5.69 Å². The van der Waals surface area contributed by atoms with E-state index in [2.05, 4.69) is 17.2 Å². The summed E-state index contributed by atoms with van der Waals surface area (Å²) in [7, 11) is 0. The number of benzene rings is 2. The van der Waals surface area contributed by atoms with Crippen molar-refractivity contribution in [2.75, 3.05) is 5.32 Å². The Morgan fingerprint density at radius 3 is 1.87 bits per heavy atom. The summed E-state index contributed by atoms with van der Waals surface area (Å²) in [6, 6.07) is 14.5. The molecule has 3 rings (SSSR count). The van der Waals surface area contributed by atoms with Gasteiger partial charge in [-0.25, -0.2) is 0 Å². The Hall–Kier alpha value is -2.59. The predicted octanol–water partition coefficient (Wildman–Crippen LogP) is 10.3. The number of unbranched alkanes of at least 4 members (excludes halogenated alkanes) is 14. The minimum Gasteiger partial charge on any atom is -0.350 e. The maximum absolute atomic E-state index is 13.2. The highest BCUT2D eigenvalue weighted by Gasteiger charge is 2.21. The molecular formula is C33H45ClN2O2. The highest BCUT2D eigenvalue weighted by Crippen LogP contribution is 2.31. The molecule has 0 aliphatic carbocycles. The Labute approximate surface area is 233 Å². The summed E-state index contributed by atoms with van der Waals surface area (Å²) in [6.45, 7) is 2.27. The van der Waals surface area contributed by atoms with Gasteiger partial charge in [-0.3, -0.25) is 9.59 Å². The number of aromatic nitrogens is 1. The number of anilines is 1. The fourth-order valence-electron chi connectivity index (χ4n) is 5.06. The summed E-state index contributed by atoms with van der Waals surface area (Å²) in [5.74, 6) is -0.210. The van der Waals surface area contributed by atoms with E-state index in [0.29, 0.717) is 28.4 Å². The van der Waals surface area contributed by atoms with Crippen molar-refractivity contribution in [1.82, 2.24) is 4.98 Å². The van der Waals surface area contributed by atoms with Gasteiger partial charge >= 0.3 is 0 Å². The molecular weight excluding hydrogens is 492 g/mol. The highest BCUT2D eigenvalue weighted by molar-refractivity contribution is 6.31. The third kappa shape index (κ3) is 9.94. The fourth-order valence-corrected chi connectivity index (χ4v) is 5.23. The van der Waals surface area contributed by atoms with Crippen molar-refractivity contribution >= 4 is 39.9 Å². The molecule has 1 aromatic heterocycles. The van der Waals surface area contributed by atoms with Crippen molar-refractivity contribution < 1.29 is 9.59 Å². The van der Waals surface area contributed by atoms with Crippen LogP contribution < -0.4 is 5.32 Å². The van der Waals surface area contributed by atoms with Crippen LogP contribution in [0.5, 0.6) is 0 Å². The molecule has 0 bridgehead atoms. The molecule has 0 unspecified atom stereocenters. The number of rotatable bonds is 19. The largest absolute Gasteiger partial charge is 0.350 e. The van der Waals surface area contributed by atoms with Crippen LogP contribution in [0.2, 0.25) is 5.02 Å². The van der Waals surface area contributed by atoms with Crippen molar-refractivity contribution in [3.8, 4) is 0 Å². The van der Waals surface area contributed by atoms with E-state index < -0.39 is 0 Å². The number of H-pyrrole nitrogens is 1. The van der Waals surface area contributed by atoms with Gasteiger partial charge in [-0.15, -0.1) is 0 Å². The second kappa shape index (κ2) is 17.1. The van der Waals surface area contributed by atoms with Crippen molar-refractivity contribution in [2.24, 2.45) is 0 Å². The van der Waals surface area contributed by atoms with Crippen LogP contribution in [0.3, 0.4) is 0 Å². The second-order valence-electron chi connectivity index (χ2n) is 10.5. The Balaban J connectivity index is 1.35. The minimum absolute atomic E-state index is 0.0577. The molecule has 0 radical (unpaired) electrons. The van der Waals surface area contributed by atoms with Crippen LogP contribution in [-0.2, 0) is 4.79 Å². The zero-order valence-corrected chi connectivity index (χ0v) is 23.9. The van der Waals surface area contributed by atoms with Gasteiger partial charge in [0.25, 0.3) is 0 Å². The molecule has 0 saturated carbocycles. The first kappa shape index (κ1) is 30.0. The number of fused-ring (bicyclic) bond motifs is 1. The SMILES string of the molecule is CCCCCCCCCCCCCCCCCC(=O)Nc1c(C(=O)c2ccccc2)[nH]c2cc(Cl)ccc12. The molecule has 0 atom stereocenters. The molecule has 4 nitrogen and oxygen atoms in total. The van der Waals surface area contributed by atoms with E-state index in [0.717, 1.165) is 23.7 Å². The number of hydrogen-bond donors (Lipinski definition) is 2. The van der Waals surface area contributed by atoms with Gasteiger partial charge in [-0.1, -0.05) is 139 Å². The molecule has 0 aliphatic heterocycles. The summed E-state index contributed by atoms with van der Waals surface area (Å²) in [5.41, 5.74) is 2.23. The quantitative estimate of drug-likeness (QED) is 0.118. The first-order valence-electron chi connectivity index (χ1n) is 14.8. The van der Waals surface area contributed by atoms with Crippen LogP contribution in [0.4, 0.5) is 5.69 Å². The number of aromatic amines is 1. The van der Waals surface area contributed by atoms with Crippen molar-refractivity contribution in [3.63, 3.8) is 0 Å². The summed E-state index contributed by atoms with van der Waals surface area (Å²) < 4.78 is 0. The molecule has 206 valence electrons. The number of hydrogen-bond acceptors (Lipinski definition) is 2. The van der Waals surface area contributed by atoms with Gasteiger partial charge in [0, 0.05) is 27.9 Å². The van der Waals surface area contributed by atoms with E-state index in [9.17, 15) is 9.59 Å². The first-order chi connectivity index (χ1) is 18.6. The van der Waals surface area contributed by atoms with E-state index >= 15 is 0 Å². The van der Waals surface area contributed by atoms with E-state index in [1.165, 1.54) is 83.5 Å². The summed E-state index contributed by atoms with van der Waals surface area (Å²) >= 11 is 6.17. The van der Waals surface area contributed by atoms with Gasteiger partial charge in [0.15, 0.2) is 0 Å². The summed E-state index contributed by atoms with van der Waals surface area (Å²) in [6.07, 6.45) is 19.9. The van der Waals surface area contributed by atoms with Crippen LogP contribution in [0.15, 0.2) is 48.5 Å². The maximum atomic E-state index is 13.2. The van der Waals surface area contributed by atoms with E-state index in [-0.39, 0.29) is 11.7 Å². The third-order valence-electron chi connectivity index (χ3n) is 7.30. The first-order valence-corrected chi connectivity index (χ1v) is 15.2. The number of carbonyl (C=O) groups excluding carboxylic acids is 2. The second-order valence-corrected chi connectivity index (χ2v) is 10.9. The molecule has 1 amide bonds. The van der Waals surface area contributed by atoms with Gasteiger partial charge < -0.3 is 10.3 Å². The van der Waals surface area contributed by atoms with E-state index in [4.69, 9.17) is 11.6 Å². The number of amides is 1. The summed E-state index contributed by atoms with van der Waals surface area (Å²) in [4.78, 5) is 29.2. The molecule has 38 heavy (non-hydrogen) atoms. The van der Waals surface area contributed by atoms with E-state index in [1.807, 2.05) is 24.3 Å². The lowest BCUT2D eigenvalue weighted by atomic mass is 10.0. The Morgan fingerprint density at radius 1 is 0.737 bits per heavy atom. The van der Waals surface area contributed by atoms with Crippen molar-refractivity contribution in [2.45, 2.75) is 110 Å². The van der Waals surface area contributed by atoms with Crippen LogP contribution in [0.25, 0.3) is 10.9 Å². The van der Waals surface area contributed by atoms with Crippen LogP contribution in [-0.4, -0.2) is 16.7 Å². The monoisotopic (exact) mass is 536 g/mol. The number of ketones is 1. The number of carbonyl (C=O) groups is 2.